The second-order valence-corrected chi connectivity index (χ2v) is 8.01. The number of nitrogens with one attached hydrogen (secondary N) is 1. The van der Waals surface area contributed by atoms with Gasteiger partial charge in [-0.25, -0.2) is 9.78 Å². The molecule has 27 heavy (non-hydrogen) atoms. The van der Waals surface area contributed by atoms with Crippen molar-refractivity contribution in [2.75, 3.05) is 23.7 Å². The highest BCUT2D eigenvalue weighted by molar-refractivity contribution is 6.31. The van der Waals surface area contributed by atoms with E-state index in [1.54, 1.807) is 18.2 Å². The van der Waals surface area contributed by atoms with Gasteiger partial charge in [-0.2, -0.15) is 4.98 Å². The largest absolute Gasteiger partial charge is 0.450 e. The van der Waals surface area contributed by atoms with Crippen LogP contribution in [0, 0.1) is 0 Å². The van der Waals surface area contributed by atoms with Crippen LogP contribution >= 0.6 is 11.6 Å². The first-order valence-electron chi connectivity index (χ1n) is 8.59. The van der Waals surface area contributed by atoms with Gasteiger partial charge in [0.1, 0.15) is 16.7 Å². The second-order valence-electron chi connectivity index (χ2n) is 7.57. The van der Waals surface area contributed by atoms with Crippen LogP contribution in [0.5, 0.6) is 0 Å². The van der Waals surface area contributed by atoms with Crippen LogP contribution in [0.25, 0.3) is 22.1 Å². The van der Waals surface area contributed by atoms with E-state index >= 15 is 0 Å². The monoisotopic (exact) mass is 389 g/mol. The molecule has 1 fully saturated rings. The second kappa shape index (κ2) is 6.16. The van der Waals surface area contributed by atoms with Gasteiger partial charge in [0.05, 0.1) is 6.04 Å². The van der Waals surface area contributed by atoms with Crippen LogP contribution in [0.3, 0.4) is 0 Å². The summed E-state index contributed by atoms with van der Waals surface area (Å²) in [5.41, 5.74) is 7.21. The summed E-state index contributed by atoms with van der Waals surface area (Å²) in [6.07, 6.45) is -0.433. The zero-order valence-corrected chi connectivity index (χ0v) is 16.0. The summed E-state index contributed by atoms with van der Waals surface area (Å²) in [6.45, 7) is 6.63. The lowest BCUT2D eigenvalue weighted by atomic mass is 10.1. The zero-order valence-electron chi connectivity index (χ0n) is 15.2. The third-order valence-electron chi connectivity index (χ3n) is 4.18. The van der Waals surface area contributed by atoms with Crippen LogP contribution in [-0.2, 0) is 4.74 Å². The summed E-state index contributed by atoms with van der Waals surface area (Å²) in [4.78, 5) is 22.5. The van der Waals surface area contributed by atoms with Gasteiger partial charge in [-0.1, -0.05) is 11.6 Å². The average molecular weight is 390 g/mol. The Hall–Kier alpha value is -2.74. The number of alkyl carbamates (subject to hydrolysis) is 1. The van der Waals surface area contributed by atoms with Crippen LogP contribution < -0.4 is 16.0 Å². The smallest absolute Gasteiger partial charge is 0.407 e. The SMILES string of the molecule is CC(C)(C)OC(=O)NC1CN(c2nc(N)nc3c2oc2ccc(Cl)cc23)C1. The van der Waals surface area contributed by atoms with Crippen LogP contribution in [0.4, 0.5) is 16.6 Å². The van der Waals surface area contributed by atoms with Crippen molar-refractivity contribution in [2.45, 2.75) is 32.4 Å². The molecule has 2 aromatic heterocycles. The molecule has 1 saturated heterocycles. The van der Waals surface area contributed by atoms with E-state index in [9.17, 15) is 4.79 Å². The summed E-state index contributed by atoms with van der Waals surface area (Å²) in [5.74, 6) is 0.760. The van der Waals surface area contributed by atoms with Crippen molar-refractivity contribution >= 4 is 51.5 Å². The van der Waals surface area contributed by atoms with Crippen molar-refractivity contribution in [3.8, 4) is 0 Å². The minimum Gasteiger partial charge on any atom is -0.450 e. The molecule has 1 amide bonds. The fourth-order valence-corrected chi connectivity index (χ4v) is 3.22. The summed E-state index contributed by atoms with van der Waals surface area (Å²) in [5, 5.41) is 4.22. The van der Waals surface area contributed by atoms with E-state index in [1.807, 2.05) is 25.7 Å². The lowest BCUT2D eigenvalue weighted by Gasteiger charge is -2.40. The molecule has 3 N–H and O–H groups in total. The standard InChI is InChI=1S/C18H20ClN5O3/c1-18(2,3)27-17(25)21-10-7-24(8-10)15-14-13(22-16(20)23-15)11-6-9(19)4-5-12(11)26-14/h4-6,10H,7-8H2,1-3H3,(H,21,25)(H2,20,22,23). The number of benzene rings is 1. The number of nitrogen functional groups attached to an aromatic ring is 1. The first-order valence-corrected chi connectivity index (χ1v) is 8.97. The third-order valence-corrected chi connectivity index (χ3v) is 4.41. The number of hydrogen-bond donors (Lipinski definition) is 2. The van der Waals surface area contributed by atoms with E-state index in [-0.39, 0.29) is 12.0 Å². The quantitative estimate of drug-likeness (QED) is 0.692. The number of aromatic nitrogens is 2. The molecule has 8 nitrogen and oxygen atoms in total. The highest BCUT2D eigenvalue weighted by atomic mass is 35.5. The van der Waals surface area contributed by atoms with E-state index < -0.39 is 11.7 Å². The number of carbonyl (C=O) groups is 1. The van der Waals surface area contributed by atoms with Gasteiger partial charge in [-0.3, -0.25) is 0 Å². The van der Waals surface area contributed by atoms with Gasteiger partial charge in [-0.15, -0.1) is 0 Å². The van der Waals surface area contributed by atoms with Crippen molar-refractivity contribution in [1.82, 2.24) is 15.3 Å². The van der Waals surface area contributed by atoms with Gasteiger partial charge in [-0.05, 0) is 39.0 Å². The van der Waals surface area contributed by atoms with E-state index in [0.717, 1.165) is 5.39 Å². The van der Waals surface area contributed by atoms with Gasteiger partial charge >= 0.3 is 6.09 Å². The number of nitrogens with zero attached hydrogens (tertiary/aromatic N) is 3. The van der Waals surface area contributed by atoms with Crippen molar-refractivity contribution < 1.29 is 13.9 Å². The zero-order chi connectivity index (χ0) is 19.3. The molecule has 1 aliphatic rings. The Morgan fingerprint density at radius 2 is 2.11 bits per heavy atom. The first kappa shape index (κ1) is 17.7. The van der Waals surface area contributed by atoms with Gasteiger partial charge in [0, 0.05) is 23.5 Å². The Morgan fingerprint density at radius 3 is 2.81 bits per heavy atom. The van der Waals surface area contributed by atoms with Gasteiger partial charge < -0.3 is 25.1 Å². The minimum absolute atomic E-state index is 0.0371. The van der Waals surface area contributed by atoms with E-state index in [4.69, 9.17) is 26.5 Å². The fraction of sp³-hybridized carbons (Fsp3) is 0.389. The molecule has 0 bridgehead atoms. The van der Waals surface area contributed by atoms with Crippen molar-refractivity contribution in [3.05, 3.63) is 23.2 Å². The Kier molecular flexibility index (Phi) is 4.03. The highest BCUT2D eigenvalue weighted by Gasteiger charge is 2.33. The Labute approximate surface area is 160 Å². The summed E-state index contributed by atoms with van der Waals surface area (Å²) < 4.78 is 11.2. The number of amides is 1. The van der Waals surface area contributed by atoms with E-state index in [2.05, 4.69) is 15.3 Å². The lowest BCUT2D eigenvalue weighted by Crippen LogP contribution is -2.60. The number of anilines is 2. The molecular formula is C18H20ClN5O3. The molecule has 3 heterocycles. The molecule has 3 aromatic rings. The fourth-order valence-electron chi connectivity index (χ4n) is 3.05. The average Bonchev–Trinajstić information content (AvgIpc) is 2.86. The molecule has 0 unspecified atom stereocenters. The maximum atomic E-state index is 11.9. The van der Waals surface area contributed by atoms with Crippen LogP contribution in [0.15, 0.2) is 22.6 Å². The van der Waals surface area contributed by atoms with Crippen LogP contribution in [0.2, 0.25) is 5.02 Å². The number of carbonyl (C=O) groups excluding carboxylic acids is 1. The van der Waals surface area contributed by atoms with Gasteiger partial charge in [0.15, 0.2) is 11.4 Å². The normalized spacial score (nSPS) is 15.2. The molecule has 0 atom stereocenters. The summed E-state index contributed by atoms with van der Waals surface area (Å²) >= 11 is 6.09. The predicted molar refractivity (Wildman–Crippen MR) is 104 cm³/mol. The molecule has 9 heteroatoms. The molecule has 0 radical (unpaired) electrons. The third kappa shape index (κ3) is 3.44. The topological polar surface area (TPSA) is 107 Å². The number of nitrogens with two attached hydrogens (primary N) is 1. The molecule has 0 spiro atoms. The minimum atomic E-state index is -0.531. The Balaban J connectivity index is 1.57. The molecule has 1 aromatic carbocycles. The number of halogens is 1. The number of rotatable bonds is 2. The number of hydrogen-bond acceptors (Lipinski definition) is 7. The van der Waals surface area contributed by atoms with Crippen LogP contribution in [0.1, 0.15) is 20.8 Å². The van der Waals surface area contributed by atoms with Crippen molar-refractivity contribution in [1.29, 1.82) is 0 Å². The predicted octanol–water partition coefficient (Wildman–Crippen LogP) is 3.32. The summed E-state index contributed by atoms with van der Waals surface area (Å²) in [7, 11) is 0. The molecule has 4 rings (SSSR count). The molecule has 0 aliphatic carbocycles. The van der Waals surface area contributed by atoms with E-state index in [1.165, 1.54) is 0 Å². The number of furan rings is 1. The number of fused-ring (bicyclic) bond motifs is 3. The maximum Gasteiger partial charge on any atom is 0.407 e. The highest BCUT2D eigenvalue weighted by Crippen LogP contribution is 2.36. The Morgan fingerprint density at radius 1 is 1.37 bits per heavy atom. The maximum absolute atomic E-state index is 11.9. The molecular weight excluding hydrogens is 370 g/mol. The number of ether oxygens (including phenoxy) is 1. The molecule has 0 saturated carbocycles. The molecule has 142 valence electrons. The lowest BCUT2D eigenvalue weighted by molar-refractivity contribution is 0.0496. The van der Waals surface area contributed by atoms with E-state index in [0.29, 0.717) is 40.6 Å². The van der Waals surface area contributed by atoms with Gasteiger partial charge in [0.25, 0.3) is 0 Å². The first-order chi connectivity index (χ1) is 12.7. The Bertz CT molecular complexity index is 1040. The van der Waals surface area contributed by atoms with Gasteiger partial charge in [0.2, 0.25) is 5.95 Å². The van der Waals surface area contributed by atoms with Crippen molar-refractivity contribution in [3.63, 3.8) is 0 Å². The summed E-state index contributed by atoms with van der Waals surface area (Å²) in [6, 6.07) is 5.31. The van der Waals surface area contributed by atoms with Crippen LogP contribution in [-0.4, -0.2) is 40.8 Å². The van der Waals surface area contributed by atoms with Crippen molar-refractivity contribution in [2.24, 2.45) is 0 Å². The molecule has 1 aliphatic heterocycles.